The Balaban J connectivity index is 2.06. The molecule has 2 aromatic rings. The van der Waals surface area contributed by atoms with Crippen LogP contribution in [0.25, 0.3) is 11.3 Å². The lowest BCUT2D eigenvalue weighted by Gasteiger charge is -2.18. The third kappa shape index (κ3) is 1.57. The first-order chi connectivity index (χ1) is 7.84. The van der Waals surface area contributed by atoms with Gasteiger partial charge in [-0.15, -0.1) is 0 Å². The monoisotopic (exact) mass is 280 g/mol. The van der Waals surface area contributed by atoms with E-state index in [1.165, 1.54) is 0 Å². The van der Waals surface area contributed by atoms with Crippen molar-refractivity contribution < 1.29 is 9.47 Å². The van der Waals surface area contributed by atoms with E-state index in [4.69, 9.17) is 9.47 Å². The number of nitrogens with zero attached hydrogens (tertiary/aromatic N) is 1. The van der Waals surface area contributed by atoms with E-state index in [2.05, 4.69) is 25.9 Å². The van der Waals surface area contributed by atoms with Crippen LogP contribution < -0.4 is 9.47 Å². The fourth-order valence-corrected chi connectivity index (χ4v) is 2.10. The van der Waals surface area contributed by atoms with E-state index in [0.29, 0.717) is 13.2 Å². The molecule has 5 heteroatoms. The van der Waals surface area contributed by atoms with E-state index >= 15 is 0 Å². The molecule has 4 nitrogen and oxygen atoms in total. The summed E-state index contributed by atoms with van der Waals surface area (Å²) in [5, 5.41) is 0. The van der Waals surface area contributed by atoms with Crippen LogP contribution in [0.3, 0.4) is 0 Å². The lowest BCUT2D eigenvalue weighted by atomic mass is 10.1. The Morgan fingerprint density at radius 3 is 2.75 bits per heavy atom. The summed E-state index contributed by atoms with van der Waals surface area (Å²) in [6.07, 6.45) is 1.65. The Morgan fingerprint density at radius 2 is 2.00 bits per heavy atom. The summed E-state index contributed by atoms with van der Waals surface area (Å²) in [7, 11) is 0. The smallest absolute Gasteiger partial charge is 0.162 e. The van der Waals surface area contributed by atoms with E-state index < -0.39 is 0 Å². The topological polar surface area (TPSA) is 47.1 Å². The lowest BCUT2D eigenvalue weighted by molar-refractivity contribution is 0.171. The maximum Gasteiger partial charge on any atom is 0.162 e. The second-order valence-electron chi connectivity index (χ2n) is 3.42. The van der Waals surface area contributed by atoms with Gasteiger partial charge in [-0.3, -0.25) is 0 Å². The van der Waals surface area contributed by atoms with Crippen LogP contribution in [-0.4, -0.2) is 23.2 Å². The quantitative estimate of drug-likeness (QED) is 0.874. The third-order valence-corrected chi connectivity index (χ3v) is 3.01. The van der Waals surface area contributed by atoms with Gasteiger partial charge in [-0.1, -0.05) is 0 Å². The normalized spacial score (nSPS) is 13.8. The molecule has 1 aromatic heterocycles. The Bertz CT molecular complexity index is 524. The molecule has 0 spiro atoms. The number of hydrogen-bond donors (Lipinski definition) is 1. The van der Waals surface area contributed by atoms with Crippen LogP contribution >= 0.6 is 15.9 Å². The SMILES string of the molecule is Brc1[nH]cnc1-c1ccc2c(c1)OCCO2. The van der Waals surface area contributed by atoms with E-state index in [-0.39, 0.29) is 0 Å². The van der Waals surface area contributed by atoms with E-state index in [0.717, 1.165) is 27.4 Å². The molecule has 1 aromatic carbocycles. The molecule has 0 aliphatic carbocycles. The summed E-state index contributed by atoms with van der Waals surface area (Å²) in [6.45, 7) is 1.20. The van der Waals surface area contributed by atoms with Crippen molar-refractivity contribution in [3.63, 3.8) is 0 Å². The standard InChI is InChI=1S/C11H9BrN2O2/c12-11-10(13-6-14-11)7-1-2-8-9(5-7)16-4-3-15-8/h1-2,5-6H,3-4H2,(H,13,14). The predicted octanol–water partition coefficient (Wildman–Crippen LogP) is 2.61. The minimum atomic E-state index is 0.595. The molecule has 1 aliphatic heterocycles. The zero-order valence-corrected chi connectivity index (χ0v) is 9.95. The van der Waals surface area contributed by atoms with Gasteiger partial charge in [-0.2, -0.15) is 0 Å². The number of aromatic amines is 1. The third-order valence-electron chi connectivity index (χ3n) is 2.41. The predicted molar refractivity (Wildman–Crippen MR) is 62.7 cm³/mol. The summed E-state index contributed by atoms with van der Waals surface area (Å²) in [6, 6.07) is 5.81. The van der Waals surface area contributed by atoms with Crippen LogP contribution in [0.2, 0.25) is 0 Å². The molecule has 2 heterocycles. The van der Waals surface area contributed by atoms with Crippen molar-refractivity contribution in [2.24, 2.45) is 0 Å². The fraction of sp³-hybridized carbons (Fsp3) is 0.182. The summed E-state index contributed by atoms with van der Waals surface area (Å²) in [5.41, 5.74) is 1.87. The highest BCUT2D eigenvalue weighted by atomic mass is 79.9. The highest BCUT2D eigenvalue weighted by molar-refractivity contribution is 9.10. The average molecular weight is 281 g/mol. The first-order valence-electron chi connectivity index (χ1n) is 4.93. The van der Waals surface area contributed by atoms with Crippen LogP contribution in [0, 0.1) is 0 Å². The van der Waals surface area contributed by atoms with E-state index in [9.17, 15) is 0 Å². The van der Waals surface area contributed by atoms with Crippen LogP contribution in [0.15, 0.2) is 29.1 Å². The molecule has 0 atom stereocenters. The molecule has 0 bridgehead atoms. The van der Waals surface area contributed by atoms with Crippen molar-refractivity contribution >= 4 is 15.9 Å². The fourth-order valence-electron chi connectivity index (χ4n) is 1.67. The number of rotatable bonds is 1. The maximum absolute atomic E-state index is 5.52. The molecular weight excluding hydrogens is 272 g/mol. The highest BCUT2D eigenvalue weighted by Gasteiger charge is 2.14. The van der Waals surface area contributed by atoms with Gasteiger partial charge in [-0.05, 0) is 34.1 Å². The zero-order valence-electron chi connectivity index (χ0n) is 8.37. The second kappa shape index (κ2) is 3.83. The molecule has 82 valence electrons. The molecule has 0 fully saturated rings. The van der Waals surface area contributed by atoms with Crippen LogP contribution in [-0.2, 0) is 0 Å². The minimum absolute atomic E-state index is 0.595. The van der Waals surface area contributed by atoms with Gasteiger partial charge in [0.25, 0.3) is 0 Å². The molecule has 3 rings (SSSR count). The molecule has 0 unspecified atom stereocenters. The molecule has 0 saturated carbocycles. The van der Waals surface area contributed by atoms with Crippen molar-refractivity contribution in [1.82, 2.24) is 9.97 Å². The Morgan fingerprint density at radius 1 is 1.19 bits per heavy atom. The van der Waals surface area contributed by atoms with Crippen molar-refractivity contribution in [2.75, 3.05) is 13.2 Å². The zero-order chi connectivity index (χ0) is 11.0. The van der Waals surface area contributed by atoms with Crippen molar-refractivity contribution in [1.29, 1.82) is 0 Å². The molecule has 1 aliphatic rings. The Kier molecular flexibility index (Phi) is 2.32. The summed E-state index contributed by atoms with van der Waals surface area (Å²) < 4.78 is 11.8. The average Bonchev–Trinajstić information content (AvgIpc) is 2.75. The number of imidazole rings is 1. The van der Waals surface area contributed by atoms with Crippen LogP contribution in [0.1, 0.15) is 0 Å². The molecule has 1 N–H and O–H groups in total. The largest absolute Gasteiger partial charge is 0.486 e. The summed E-state index contributed by atoms with van der Waals surface area (Å²) in [5.74, 6) is 1.57. The van der Waals surface area contributed by atoms with Crippen molar-refractivity contribution in [3.05, 3.63) is 29.1 Å². The van der Waals surface area contributed by atoms with E-state index in [1.54, 1.807) is 6.33 Å². The van der Waals surface area contributed by atoms with Gasteiger partial charge in [0.1, 0.15) is 23.5 Å². The number of H-pyrrole nitrogens is 1. The van der Waals surface area contributed by atoms with Gasteiger partial charge in [0.15, 0.2) is 11.5 Å². The van der Waals surface area contributed by atoms with Crippen molar-refractivity contribution in [2.45, 2.75) is 0 Å². The number of halogens is 1. The molecule has 16 heavy (non-hydrogen) atoms. The molecule has 0 radical (unpaired) electrons. The first-order valence-corrected chi connectivity index (χ1v) is 5.73. The summed E-state index contributed by atoms with van der Waals surface area (Å²) in [4.78, 5) is 7.22. The number of benzene rings is 1. The van der Waals surface area contributed by atoms with Gasteiger partial charge in [0, 0.05) is 5.56 Å². The van der Waals surface area contributed by atoms with Crippen LogP contribution in [0.5, 0.6) is 11.5 Å². The van der Waals surface area contributed by atoms with Gasteiger partial charge in [0.05, 0.1) is 6.33 Å². The number of nitrogens with one attached hydrogen (secondary N) is 1. The second-order valence-corrected chi connectivity index (χ2v) is 4.22. The number of ether oxygens (including phenoxy) is 2. The minimum Gasteiger partial charge on any atom is -0.486 e. The highest BCUT2D eigenvalue weighted by Crippen LogP contribution is 2.35. The Hall–Kier alpha value is -1.49. The maximum atomic E-state index is 5.52. The first kappa shape index (κ1) is 9.72. The number of hydrogen-bond acceptors (Lipinski definition) is 3. The number of aromatic nitrogens is 2. The lowest BCUT2D eigenvalue weighted by Crippen LogP contribution is -2.15. The van der Waals surface area contributed by atoms with Gasteiger partial charge in [-0.25, -0.2) is 4.98 Å². The van der Waals surface area contributed by atoms with Crippen LogP contribution in [0.4, 0.5) is 0 Å². The molecule has 0 amide bonds. The molecular formula is C11H9BrN2O2. The molecule has 0 saturated heterocycles. The van der Waals surface area contributed by atoms with E-state index in [1.807, 2.05) is 18.2 Å². The summed E-state index contributed by atoms with van der Waals surface area (Å²) >= 11 is 3.41. The number of fused-ring (bicyclic) bond motifs is 1. The van der Waals surface area contributed by atoms with Gasteiger partial charge >= 0.3 is 0 Å². The van der Waals surface area contributed by atoms with Gasteiger partial charge in [0.2, 0.25) is 0 Å². The Labute approximate surface area is 101 Å². The van der Waals surface area contributed by atoms with Gasteiger partial charge < -0.3 is 14.5 Å². The van der Waals surface area contributed by atoms with Crippen molar-refractivity contribution in [3.8, 4) is 22.8 Å².